The van der Waals surface area contributed by atoms with Crippen LogP contribution in [0.15, 0.2) is 35.3 Å². The lowest BCUT2D eigenvalue weighted by Gasteiger charge is -2.24. The molecule has 1 aromatic carbocycles. The van der Waals surface area contributed by atoms with Crippen molar-refractivity contribution >= 4 is 35.8 Å². The van der Waals surface area contributed by atoms with E-state index in [0.717, 1.165) is 12.5 Å². The third-order valence-corrected chi connectivity index (χ3v) is 3.32. The zero-order valence-electron chi connectivity index (χ0n) is 14.5. The molecule has 0 fully saturated rings. The summed E-state index contributed by atoms with van der Waals surface area (Å²) >= 11 is 0. The highest BCUT2D eigenvalue weighted by Crippen LogP contribution is 2.22. The molecule has 0 saturated carbocycles. The van der Waals surface area contributed by atoms with Crippen molar-refractivity contribution in [2.75, 3.05) is 26.2 Å². The quantitative estimate of drug-likeness (QED) is 0.268. The van der Waals surface area contributed by atoms with Crippen molar-refractivity contribution < 1.29 is 4.79 Å². The lowest BCUT2D eigenvalue weighted by molar-refractivity contribution is -0.118. The average Bonchev–Trinajstić information content (AvgIpc) is 2.49. The zero-order valence-corrected chi connectivity index (χ0v) is 16.8. The Morgan fingerprint density at radius 3 is 2.26 bits per heavy atom. The first-order valence-electron chi connectivity index (χ1n) is 7.78. The van der Waals surface area contributed by atoms with E-state index in [-0.39, 0.29) is 35.3 Å². The minimum atomic E-state index is -0.0265. The maximum Gasteiger partial charge on any atom is 0.216 e. The molecule has 0 heterocycles. The van der Waals surface area contributed by atoms with E-state index in [1.54, 1.807) is 0 Å². The fourth-order valence-corrected chi connectivity index (χ4v) is 2.02. The average molecular weight is 432 g/mol. The Labute approximate surface area is 156 Å². The molecule has 5 nitrogen and oxygen atoms in total. The molecular weight excluding hydrogens is 403 g/mol. The number of rotatable bonds is 7. The molecule has 130 valence electrons. The minimum absolute atomic E-state index is 0. The highest BCUT2D eigenvalue weighted by Gasteiger charge is 2.19. The number of amides is 1. The molecule has 0 unspecified atom stereocenters. The number of hydrogen-bond acceptors (Lipinski definition) is 2. The number of aliphatic imine (C=N–C) groups is 1. The fraction of sp³-hybridized carbons (Fsp3) is 0.529. The van der Waals surface area contributed by atoms with Gasteiger partial charge in [-0.05, 0) is 12.5 Å². The fourth-order valence-electron chi connectivity index (χ4n) is 2.02. The van der Waals surface area contributed by atoms with E-state index in [1.807, 2.05) is 13.0 Å². The molecule has 1 amide bonds. The Morgan fingerprint density at radius 2 is 1.70 bits per heavy atom. The lowest BCUT2D eigenvalue weighted by Crippen LogP contribution is -2.42. The van der Waals surface area contributed by atoms with Gasteiger partial charge in [0.05, 0.1) is 6.54 Å². The molecule has 0 radical (unpaired) electrons. The largest absolute Gasteiger partial charge is 0.357 e. The minimum Gasteiger partial charge on any atom is -0.357 e. The number of benzene rings is 1. The third-order valence-electron chi connectivity index (χ3n) is 3.32. The van der Waals surface area contributed by atoms with Gasteiger partial charge in [0.2, 0.25) is 5.91 Å². The van der Waals surface area contributed by atoms with E-state index in [1.165, 1.54) is 12.5 Å². The van der Waals surface area contributed by atoms with Gasteiger partial charge in [-0.3, -0.25) is 9.79 Å². The number of guanidine groups is 1. The first kappa shape index (κ1) is 21.7. The summed E-state index contributed by atoms with van der Waals surface area (Å²) in [6.45, 7) is 10.7. The van der Waals surface area contributed by atoms with Gasteiger partial charge in [0.15, 0.2) is 5.96 Å². The summed E-state index contributed by atoms with van der Waals surface area (Å²) in [7, 11) is 0. The molecule has 1 aromatic rings. The van der Waals surface area contributed by atoms with Gasteiger partial charge in [0, 0.05) is 32.0 Å². The highest BCUT2D eigenvalue weighted by molar-refractivity contribution is 14.0. The number of carbonyl (C=O) groups is 1. The molecule has 0 saturated heterocycles. The van der Waals surface area contributed by atoms with Crippen molar-refractivity contribution in [3.63, 3.8) is 0 Å². The van der Waals surface area contributed by atoms with Crippen molar-refractivity contribution in [3.05, 3.63) is 35.9 Å². The van der Waals surface area contributed by atoms with Crippen LogP contribution in [-0.2, 0) is 10.2 Å². The second kappa shape index (κ2) is 11.3. The van der Waals surface area contributed by atoms with Gasteiger partial charge in [-0.1, -0.05) is 44.2 Å². The topological polar surface area (TPSA) is 65.5 Å². The predicted molar refractivity (Wildman–Crippen MR) is 108 cm³/mol. The summed E-state index contributed by atoms with van der Waals surface area (Å²) in [5, 5.41) is 9.20. The van der Waals surface area contributed by atoms with Gasteiger partial charge in [-0.2, -0.15) is 0 Å². The predicted octanol–water partition coefficient (Wildman–Crippen LogP) is 2.27. The van der Waals surface area contributed by atoms with Crippen LogP contribution in [0.3, 0.4) is 0 Å². The van der Waals surface area contributed by atoms with Crippen molar-refractivity contribution in [3.8, 4) is 0 Å². The molecule has 0 bridgehead atoms. The van der Waals surface area contributed by atoms with Gasteiger partial charge < -0.3 is 16.0 Å². The van der Waals surface area contributed by atoms with Crippen LogP contribution in [0.1, 0.15) is 33.3 Å². The van der Waals surface area contributed by atoms with Crippen LogP contribution >= 0.6 is 24.0 Å². The van der Waals surface area contributed by atoms with Crippen LogP contribution in [0.2, 0.25) is 0 Å². The molecular formula is C17H29IN4O. The van der Waals surface area contributed by atoms with Crippen molar-refractivity contribution in [1.82, 2.24) is 16.0 Å². The first-order chi connectivity index (χ1) is 10.5. The van der Waals surface area contributed by atoms with Crippen LogP contribution in [0, 0.1) is 0 Å². The molecule has 0 aromatic heterocycles. The van der Waals surface area contributed by atoms with E-state index in [0.29, 0.717) is 19.6 Å². The third kappa shape index (κ3) is 8.78. The van der Waals surface area contributed by atoms with Gasteiger partial charge in [0.25, 0.3) is 0 Å². The summed E-state index contributed by atoms with van der Waals surface area (Å²) < 4.78 is 0. The number of carbonyl (C=O) groups excluding carboxylic acids is 1. The highest BCUT2D eigenvalue weighted by atomic mass is 127. The van der Waals surface area contributed by atoms with Gasteiger partial charge in [-0.15, -0.1) is 24.0 Å². The SMILES string of the molecule is CCNC(=NCC(C)(C)c1ccccc1)NCCNC(C)=O.I. The number of hydrogen-bond donors (Lipinski definition) is 3. The van der Waals surface area contributed by atoms with Crippen molar-refractivity contribution in [1.29, 1.82) is 0 Å². The summed E-state index contributed by atoms with van der Waals surface area (Å²) in [4.78, 5) is 15.5. The molecule has 0 spiro atoms. The summed E-state index contributed by atoms with van der Waals surface area (Å²) in [5.74, 6) is 0.755. The molecule has 0 atom stereocenters. The normalized spacial score (nSPS) is 11.4. The van der Waals surface area contributed by atoms with Gasteiger partial charge >= 0.3 is 0 Å². The van der Waals surface area contributed by atoms with Crippen LogP contribution in [-0.4, -0.2) is 38.0 Å². The molecule has 23 heavy (non-hydrogen) atoms. The molecule has 3 N–H and O–H groups in total. The van der Waals surface area contributed by atoms with E-state index in [9.17, 15) is 4.79 Å². The Hall–Kier alpha value is -1.31. The van der Waals surface area contributed by atoms with Crippen LogP contribution in [0.5, 0.6) is 0 Å². The van der Waals surface area contributed by atoms with E-state index < -0.39 is 0 Å². The molecule has 0 aliphatic carbocycles. The maximum absolute atomic E-state index is 10.8. The molecule has 0 aliphatic rings. The Kier molecular flexibility index (Phi) is 10.6. The van der Waals surface area contributed by atoms with Gasteiger partial charge in [-0.25, -0.2) is 0 Å². The Balaban J connectivity index is 0.00000484. The second-order valence-electron chi connectivity index (χ2n) is 5.85. The lowest BCUT2D eigenvalue weighted by atomic mass is 9.85. The van der Waals surface area contributed by atoms with Crippen LogP contribution < -0.4 is 16.0 Å². The summed E-state index contributed by atoms with van der Waals surface area (Å²) in [5.41, 5.74) is 1.24. The summed E-state index contributed by atoms with van der Waals surface area (Å²) in [6.07, 6.45) is 0. The van der Waals surface area contributed by atoms with Gasteiger partial charge in [0.1, 0.15) is 0 Å². The molecule has 0 aliphatic heterocycles. The van der Waals surface area contributed by atoms with E-state index in [4.69, 9.17) is 0 Å². The first-order valence-corrected chi connectivity index (χ1v) is 7.78. The summed E-state index contributed by atoms with van der Waals surface area (Å²) in [6, 6.07) is 10.4. The molecule has 6 heteroatoms. The number of nitrogens with one attached hydrogen (secondary N) is 3. The second-order valence-corrected chi connectivity index (χ2v) is 5.85. The van der Waals surface area contributed by atoms with E-state index >= 15 is 0 Å². The Morgan fingerprint density at radius 1 is 1.09 bits per heavy atom. The smallest absolute Gasteiger partial charge is 0.216 e. The van der Waals surface area contributed by atoms with Crippen molar-refractivity contribution in [2.24, 2.45) is 4.99 Å². The molecule has 1 rings (SSSR count). The standard InChI is InChI=1S/C17H28N4O.HI/c1-5-18-16(20-12-11-19-14(2)22)21-13-17(3,4)15-9-7-6-8-10-15;/h6-10H,5,11-13H2,1-4H3,(H,19,22)(H2,18,20,21);1H. The number of nitrogens with zero attached hydrogens (tertiary/aromatic N) is 1. The Bertz CT molecular complexity index is 489. The maximum atomic E-state index is 10.8. The van der Waals surface area contributed by atoms with Crippen LogP contribution in [0.25, 0.3) is 0 Å². The number of halogens is 1. The zero-order chi connectivity index (χ0) is 16.4. The monoisotopic (exact) mass is 432 g/mol. The van der Waals surface area contributed by atoms with Crippen LogP contribution in [0.4, 0.5) is 0 Å². The van der Waals surface area contributed by atoms with Crippen molar-refractivity contribution in [2.45, 2.75) is 33.1 Å². The van der Waals surface area contributed by atoms with E-state index in [2.05, 4.69) is 59.1 Å².